The smallest absolute Gasteiger partial charge is 0.326 e. The third kappa shape index (κ3) is 7.07. The molecular formula is C25H31N2O7S4+. The van der Waals surface area contributed by atoms with Gasteiger partial charge in [-0.05, 0) is 55.7 Å². The summed E-state index contributed by atoms with van der Waals surface area (Å²) >= 11 is 3.02. The van der Waals surface area contributed by atoms with Crippen molar-refractivity contribution in [2.75, 3.05) is 18.9 Å². The topological polar surface area (TPSA) is 125 Å². The number of thioether (sulfide) groups is 1. The molecule has 2 unspecified atom stereocenters. The number of allylic oxidation sites excluding steroid dienone is 3. The van der Waals surface area contributed by atoms with Gasteiger partial charge in [0, 0.05) is 18.7 Å². The van der Waals surface area contributed by atoms with E-state index < -0.39 is 31.9 Å². The molecule has 2 atom stereocenters. The van der Waals surface area contributed by atoms with Gasteiger partial charge in [0.05, 0.1) is 28.7 Å². The van der Waals surface area contributed by atoms with E-state index in [4.69, 9.17) is 4.74 Å². The molecule has 1 aromatic carbocycles. The zero-order valence-corrected chi connectivity index (χ0v) is 24.5. The van der Waals surface area contributed by atoms with Gasteiger partial charge in [0.15, 0.2) is 0 Å². The van der Waals surface area contributed by atoms with Crippen molar-refractivity contribution < 1.29 is 35.2 Å². The fourth-order valence-electron chi connectivity index (χ4n) is 4.38. The van der Waals surface area contributed by atoms with Crippen molar-refractivity contribution >= 4 is 59.6 Å². The lowest BCUT2D eigenvalue weighted by Gasteiger charge is -2.28. The Morgan fingerprint density at radius 2 is 1.95 bits per heavy atom. The third-order valence-corrected chi connectivity index (χ3v) is 9.82. The van der Waals surface area contributed by atoms with Crippen LogP contribution < -0.4 is 4.57 Å². The van der Waals surface area contributed by atoms with Crippen molar-refractivity contribution in [1.82, 2.24) is 4.90 Å². The van der Waals surface area contributed by atoms with Gasteiger partial charge in [-0.1, -0.05) is 42.2 Å². The number of rotatable bonds is 10. The van der Waals surface area contributed by atoms with Gasteiger partial charge in [0.25, 0.3) is 21.0 Å². The summed E-state index contributed by atoms with van der Waals surface area (Å²) in [6.45, 7) is 6.41. The van der Waals surface area contributed by atoms with Crippen LogP contribution in [0.5, 0.6) is 0 Å². The molecule has 2 heterocycles. The second-order valence-electron chi connectivity index (χ2n) is 9.02. The minimum absolute atomic E-state index is 0.0433. The number of aryl methyl sites for hydroxylation is 1. The van der Waals surface area contributed by atoms with E-state index in [1.807, 2.05) is 74.3 Å². The number of thiazole rings is 1. The zero-order chi connectivity index (χ0) is 27.7. The molecule has 1 fully saturated rings. The van der Waals surface area contributed by atoms with Crippen LogP contribution in [0.2, 0.25) is 0 Å². The molecule has 0 saturated carbocycles. The average Bonchev–Trinajstić information content (AvgIpc) is 3.32. The first kappa shape index (κ1) is 28.8. The summed E-state index contributed by atoms with van der Waals surface area (Å²) in [5.41, 5.74) is 2.59. The molecule has 1 aliphatic heterocycles. The minimum Gasteiger partial charge on any atom is -0.494 e. The molecule has 4 rings (SSSR count). The standard InChI is InChI=1S/C25H30N2O7S4/c1-4-18(14-25-27(16-38(31,32)33)20-12-17(3)6-8-22(20)36-25)13-24-26(10-11-37(28,29)30)21-15-19(34-5-2)7-9-23(21)35-24/h6-9,12-15,21,23H,4-5,10-11,16H2,1-3H3,(H-,28,29,30,31,32,33)/p+1. The molecule has 9 nitrogen and oxygen atoms in total. The Morgan fingerprint density at radius 3 is 2.61 bits per heavy atom. The SMILES string of the molecule is CCOC1=CC2C(C=C1)S/C(=C/C(=C\c1sc3ccc(C)cc3[n+]1CS(=O)(=O)O)CC)N2CCS(=O)(=O)O. The first-order valence-electron chi connectivity index (χ1n) is 12.1. The maximum Gasteiger partial charge on any atom is 0.326 e. The van der Waals surface area contributed by atoms with Crippen LogP contribution in [0.25, 0.3) is 16.3 Å². The molecule has 1 aromatic heterocycles. The largest absolute Gasteiger partial charge is 0.494 e. The third-order valence-electron chi connectivity index (χ3n) is 6.13. The second-order valence-corrected chi connectivity index (χ2v) is 14.3. The molecule has 206 valence electrons. The van der Waals surface area contributed by atoms with Gasteiger partial charge in [-0.25, -0.2) is 0 Å². The number of aromatic nitrogens is 1. The maximum absolute atomic E-state index is 11.8. The van der Waals surface area contributed by atoms with Crippen LogP contribution in [-0.4, -0.2) is 61.0 Å². The van der Waals surface area contributed by atoms with E-state index in [1.165, 1.54) is 11.3 Å². The molecule has 38 heavy (non-hydrogen) atoms. The summed E-state index contributed by atoms with van der Waals surface area (Å²) < 4.78 is 74.0. The Balaban J connectivity index is 1.76. The van der Waals surface area contributed by atoms with Crippen LogP contribution in [0.4, 0.5) is 0 Å². The Bertz CT molecular complexity index is 1550. The summed E-state index contributed by atoms with van der Waals surface area (Å²) in [7, 11) is -8.45. The van der Waals surface area contributed by atoms with E-state index >= 15 is 0 Å². The van der Waals surface area contributed by atoms with Crippen LogP contribution in [-0.2, 0) is 30.8 Å². The summed E-state index contributed by atoms with van der Waals surface area (Å²) in [6, 6.07) is 5.63. The molecule has 0 amide bonds. The first-order valence-corrected chi connectivity index (χ1v) is 17.0. The van der Waals surface area contributed by atoms with Crippen LogP contribution in [0, 0.1) is 6.92 Å². The molecule has 2 aromatic rings. The fraction of sp³-hybridized carbons (Fsp3) is 0.400. The van der Waals surface area contributed by atoms with Gasteiger partial charge >= 0.3 is 10.1 Å². The molecule has 0 spiro atoms. The van der Waals surface area contributed by atoms with Crippen molar-refractivity contribution in [1.29, 1.82) is 0 Å². The summed E-state index contributed by atoms with van der Waals surface area (Å²) in [6.07, 6.45) is 10.4. The van der Waals surface area contributed by atoms with E-state index in [1.54, 1.807) is 16.3 Å². The van der Waals surface area contributed by atoms with Gasteiger partial charge < -0.3 is 9.64 Å². The number of benzene rings is 1. The van der Waals surface area contributed by atoms with Crippen LogP contribution in [0.15, 0.2) is 58.9 Å². The molecule has 13 heteroatoms. The Morgan fingerprint density at radius 1 is 1.18 bits per heavy atom. The van der Waals surface area contributed by atoms with Gasteiger partial charge in [0.2, 0.25) is 5.52 Å². The maximum atomic E-state index is 11.8. The van der Waals surface area contributed by atoms with E-state index in [0.29, 0.717) is 23.8 Å². The van der Waals surface area contributed by atoms with Crippen LogP contribution in [0.1, 0.15) is 30.8 Å². The monoisotopic (exact) mass is 599 g/mol. The molecule has 0 radical (unpaired) electrons. The Hall–Kier alpha value is -2.16. The summed E-state index contributed by atoms with van der Waals surface area (Å²) in [5, 5.41) is 1.55. The highest BCUT2D eigenvalue weighted by Gasteiger charge is 2.37. The molecule has 2 aliphatic rings. The lowest BCUT2D eigenvalue weighted by Crippen LogP contribution is -2.39. The van der Waals surface area contributed by atoms with Crippen molar-refractivity contribution in [3.63, 3.8) is 0 Å². The second kappa shape index (κ2) is 11.5. The lowest BCUT2D eigenvalue weighted by molar-refractivity contribution is -0.649. The highest BCUT2D eigenvalue weighted by molar-refractivity contribution is 8.04. The predicted octanol–water partition coefficient (Wildman–Crippen LogP) is 4.14. The average molecular weight is 600 g/mol. The van der Waals surface area contributed by atoms with Crippen molar-refractivity contribution in [3.05, 3.63) is 69.4 Å². The summed E-state index contributed by atoms with van der Waals surface area (Å²) in [4.78, 5) is 1.95. The first-order chi connectivity index (χ1) is 17.9. The number of hydrogen-bond acceptors (Lipinski definition) is 8. The van der Waals surface area contributed by atoms with Gasteiger partial charge in [0.1, 0.15) is 10.5 Å². The van der Waals surface area contributed by atoms with E-state index in [9.17, 15) is 25.9 Å². The van der Waals surface area contributed by atoms with E-state index in [-0.39, 0.29) is 17.8 Å². The fourth-order valence-corrected chi connectivity index (χ4v) is 7.98. The predicted molar refractivity (Wildman–Crippen MR) is 152 cm³/mol. The molecule has 2 N–H and O–H groups in total. The van der Waals surface area contributed by atoms with Crippen LogP contribution in [0.3, 0.4) is 0 Å². The summed E-state index contributed by atoms with van der Waals surface area (Å²) in [5.74, 6) is -0.263. The van der Waals surface area contributed by atoms with Crippen molar-refractivity contribution in [3.8, 4) is 0 Å². The zero-order valence-electron chi connectivity index (χ0n) is 21.3. The minimum atomic E-state index is -4.29. The Kier molecular flexibility index (Phi) is 8.75. The van der Waals surface area contributed by atoms with Gasteiger partial charge in [-0.15, -0.1) is 0 Å². The highest BCUT2D eigenvalue weighted by atomic mass is 32.2. The molecule has 1 saturated heterocycles. The van der Waals surface area contributed by atoms with Gasteiger partial charge in [-0.2, -0.15) is 21.4 Å². The normalized spacial score (nSPS) is 21.3. The lowest BCUT2D eigenvalue weighted by atomic mass is 10.1. The Labute approximate surface area is 231 Å². The van der Waals surface area contributed by atoms with Crippen molar-refractivity contribution in [2.45, 2.75) is 44.4 Å². The number of fused-ring (bicyclic) bond motifs is 2. The van der Waals surface area contributed by atoms with Gasteiger partial charge in [-0.3, -0.25) is 9.11 Å². The van der Waals surface area contributed by atoms with Crippen LogP contribution >= 0.6 is 23.1 Å². The number of ether oxygens (including phenoxy) is 1. The van der Waals surface area contributed by atoms with E-state index in [2.05, 4.69) is 0 Å². The quantitative estimate of drug-likeness (QED) is 0.306. The highest BCUT2D eigenvalue weighted by Crippen LogP contribution is 2.43. The van der Waals surface area contributed by atoms with Crippen molar-refractivity contribution in [2.24, 2.45) is 0 Å². The molecular weight excluding hydrogens is 569 g/mol. The van der Waals surface area contributed by atoms with E-state index in [0.717, 1.165) is 26.4 Å². The molecule has 0 bridgehead atoms. The molecule has 1 aliphatic carbocycles. The number of nitrogens with zero attached hydrogens (tertiary/aromatic N) is 2. The number of hydrogen-bond donors (Lipinski definition) is 2.